The normalized spacial score (nSPS) is 18.8. The number of hydrogen-bond acceptors (Lipinski definition) is 3. The first-order valence-electron chi connectivity index (χ1n) is 11.3. The summed E-state index contributed by atoms with van der Waals surface area (Å²) in [6.45, 7) is 7.51. The van der Waals surface area contributed by atoms with Crippen molar-refractivity contribution < 1.29 is 27.4 Å². The summed E-state index contributed by atoms with van der Waals surface area (Å²) in [5, 5.41) is 4.01. The van der Waals surface area contributed by atoms with Crippen LogP contribution in [0.15, 0.2) is 48.7 Å². The quantitative estimate of drug-likeness (QED) is 0.437. The molecule has 0 bridgehead atoms. The van der Waals surface area contributed by atoms with E-state index in [1.54, 1.807) is 12.1 Å². The summed E-state index contributed by atoms with van der Waals surface area (Å²) in [4.78, 5) is 12.2. The van der Waals surface area contributed by atoms with Crippen LogP contribution in [0.2, 0.25) is 0 Å². The van der Waals surface area contributed by atoms with Crippen LogP contribution in [0.25, 0.3) is 22.0 Å². The number of aromatic nitrogens is 1. The summed E-state index contributed by atoms with van der Waals surface area (Å²) in [5.74, 6) is -0.247. The Balaban J connectivity index is 1.59. The summed E-state index contributed by atoms with van der Waals surface area (Å²) in [6, 6.07) is 12.4. The van der Waals surface area contributed by atoms with Crippen molar-refractivity contribution >= 4 is 17.0 Å². The number of carbonyl (C=O) groups excluding carboxylic acids is 1. The molecule has 1 aromatic heterocycles. The molecule has 1 N–H and O–H groups in total. The van der Waals surface area contributed by atoms with Crippen LogP contribution >= 0.6 is 0 Å². The predicted octanol–water partition coefficient (Wildman–Crippen LogP) is 7.13. The average molecular weight is 475 g/mol. The van der Waals surface area contributed by atoms with Gasteiger partial charge < -0.3 is 19.4 Å². The highest BCUT2D eigenvalue weighted by atomic mass is 19.4. The molecule has 0 radical (unpaired) electrons. The van der Waals surface area contributed by atoms with Gasteiger partial charge in [0, 0.05) is 34.7 Å². The van der Waals surface area contributed by atoms with Gasteiger partial charge in [0.1, 0.15) is 11.4 Å². The molecule has 182 valence electrons. The van der Waals surface area contributed by atoms with Crippen molar-refractivity contribution in [2.75, 3.05) is 0 Å². The van der Waals surface area contributed by atoms with Gasteiger partial charge in [-0.3, -0.25) is 0 Å². The zero-order valence-corrected chi connectivity index (χ0v) is 19.7. The molecule has 34 heavy (non-hydrogen) atoms. The van der Waals surface area contributed by atoms with Gasteiger partial charge in [-0.1, -0.05) is 23.8 Å². The van der Waals surface area contributed by atoms with Gasteiger partial charge >= 0.3 is 12.5 Å². The fraction of sp³-hybridized carbons (Fsp3) is 0.423. The van der Waals surface area contributed by atoms with Crippen molar-refractivity contribution in [3.05, 3.63) is 54.2 Å². The molecule has 0 saturated heterocycles. The molecule has 8 heteroatoms. The largest absolute Gasteiger partial charge is 0.573 e. The number of alkyl carbamates (subject to hydrolysis) is 1. The number of aryl methyl sites for hydroxylation is 1. The summed E-state index contributed by atoms with van der Waals surface area (Å²) in [6.07, 6.45) is -0.558. The molecule has 5 nitrogen and oxygen atoms in total. The maximum absolute atomic E-state index is 12.5. The van der Waals surface area contributed by atoms with E-state index in [4.69, 9.17) is 4.74 Å². The molecule has 4 rings (SSSR count). The third kappa shape index (κ3) is 5.66. The number of amides is 1. The lowest BCUT2D eigenvalue weighted by Gasteiger charge is -2.22. The van der Waals surface area contributed by atoms with Crippen LogP contribution in [0.4, 0.5) is 18.0 Å². The molecular formula is C26H29F3N2O3. The minimum atomic E-state index is -4.72. The van der Waals surface area contributed by atoms with E-state index < -0.39 is 18.1 Å². The van der Waals surface area contributed by atoms with E-state index in [9.17, 15) is 18.0 Å². The van der Waals surface area contributed by atoms with Gasteiger partial charge in [-0.25, -0.2) is 4.79 Å². The molecule has 1 saturated carbocycles. The molecule has 0 spiro atoms. The number of nitrogens with zero attached hydrogens (tertiary/aromatic N) is 1. The highest BCUT2D eigenvalue weighted by Crippen LogP contribution is 2.39. The second-order valence-corrected chi connectivity index (χ2v) is 9.85. The van der Waals surface area contributed by atoms with E-state index in [0.717, 1.165) is 46.9 Å². The summed E-state index contributed by atoms with van der Waals surface area (Å²) in [5.41, 5.74) is 3.36. The van der Waals surface area contributed by atoms with Crippen molar-refractivity contribution in [2.45, 2.75) is 71.0 Å². The monoisotopic (exact) mass is 474 g/mol. The SMILES string of the molecule is Cc1ccc2c(c1)c(-c1ccc(OC(F)(F)F)cc1)cn2[C@H]1CC[C@@H](NC(=O)OC(C)(C)C)C1. The molecule has 0 aliphatic heterocycles. The smallest absolute Gasteiger partial charge is 0.444 e. The first-order valence-corrected chi connectivity index (χ1v) is 11.3. The van der Waals surface area contributed by atoms with Crippen molar-refractivity contribution in [1.82, 2.24) is 9.88 Å². The first-order chi connectivity index (χ1) is 15.9. The highest BCUT2D eigenvalue weighted by Gasteiger charge is 2.32. The average Bonchev–Trinajstić information content (AvgIpc) is 3.30. The number of rotatable bonds is 4. The molecule has 1 aliphatic carbocycles. The minimum absolute atomic E-state index is 0.0185. The summed E-state index contributed by atoms with van der Waals surface area (Å²) < 4.78 is 49.2. The molecule has 1 fully saturated rings. The minimum Gasteiger partial charge on any atom is -0.444 e. The van der Waals surface area contributed by atoms with Crippen LogP contribution < -0.4 is 10.1 Å². The van der Waals surface area contributed by atoms with Crippen molar-refractivity contribution in [2.24, 2.45) is 0 Å². The first kappa shape index (κ1) is 24.0. The Morgan fingerprint density at radius 2 is 1.76 bits per heavy atom. The fourth-order valence-electron chi connectivity index (χ4n) is 4.55. The van der Waals surface area contributed by atoms with E-state index in [1.807, 2.05) is 33.8 Å². The molecule has 1 aliphatic rings. The molecule has 3 aromatic rings. The van der Waals surface area contributed by atoms with Gasteiger partial charge in [-0.15, -0.1) is 13.2 Å². The van der Waals surface area contributed by atoms with E-state index in [-0.39, 0.29) is 17.8 Å². The number of alkyl halides is 3. The van der Waals surface area contributed by atoms with Gasteiger partial charge in [-0.2, -0.15) is 0 Å². The van der Waals surface area contributed by atoms with Gasteiger partial charge in [-0.05, 0) is 76.8 Å². The zero-order valence-electron chi connectivity index (χ0n) is 19.7. The molecule has 2 aromatic carbocycles. The lowest BCUT2D eigenvalue weighted by molar-refractivity contribution is -0.274. The van der Waals surface area contributed by atoms with Gasteiger partial charge in [0.2, 0.25) is 0 Å². The maximum Gasteiger partial charge on any atom is 0.573 e. The number of carbonyl (C=O) groups is 1. The lowest BCUT2D eigenvalue weighted by Crippen LogP contribution is -2.38. The molecule has 2 atom stereocenters. The Kier molecular flexibility index (Phi) is 6.27. The molecule has 0 unspecified atom stereocenters. The van der Waals surface area contributed by atoms with Crippen molar-refractivity contribution in [1.29, 1.82) is 0 Å². The summed E-state index contributed by atoms with van der Waals surface area (Å²) >= 11 is 0. The Morgan fingerprint density at radius 3 is 2.41 bits per heavy atom. The third-order valence-corrected chi connectivity index (χ3v) is 5.91. The molecule has 1 amide bonds. The Labute approximate surface area is 196 Å². The fourth-order valence-corrected chi connectivity index (χ4v) is 4.55. The number of hydrogen-bond donors (Lipinski definition) is 1. The second-order valence-electron chi connectivity index (χ2n) is 9.85. The second kappa shape index (κ2) is 8.89. The van der Waals surface area contributed by atoms with Crippen LogP contribution in [0.1, 0.15) is 51.6 Å². The van der Waals surface area contributed by atoms with E-state index >= 15 is 0 Å². The standard InChI is InChI=1S/C26H29F3N2O3/c1-16-5-12-23-21(13-16)22(17-6-10-20(11-7-17)33-26(27,28)29)15-31(23)19-9-8-18(14-19)30-24(32)34-25(2,3)4/h5-7,10-13,15,18-19H,8-9,14H2,1-4H3,(H,30,32)/t18-,19+/m1/s1. The number of halogens is 3. The molecular weight excluding hydrogens is 445 g/mol. The van der Waals surface area contributed by atoms with Crippen molar-refractivity contribution in [3.63, 3.8) is 0 Å². The van der Waals surface area contributed by atoms with Gasteiger partial charge in [0.05, 0.1) is 0 Å². The van der Waals surface area contributed by atoms with Crippen LogP contribution in [-0.4, -0.2) is 28.7 Å². The zero-order chi connectivity index (χ0) is 24.7. The third-order valence-electron chi connectivity index (χ3n) is 5.91. The Morgan fingerprint density at radius 1 is 1.06 bits per heavy atom. The number of nitrogens with one attached hydrogen (secondary N) is 1. The highest BCUT2D eigenvalue weighted by molar-refractivity contribution is 5.96. The predicted molar refractivity (Wildman–Crippen MR) is 125 cm³/mol. The molecule has 1 heterocycles. The number of fused-ring (bicyclic) bond motifs is 1. The van der Waals surface area contributed by atoms with E-state index in [2.05, 4.69) is 33.0 Å². The topological polar surface area (TPSA) is 52.5 Å². The Hall–Kier alpha value is -3.16. The maximum atomic E-state index is 12.5. The summed E-state index contributed by atoms with van der Waals surface area (Å²) in [7, 11) is 0. The van der Waals surface area contributed by atoms with E-state index in [0.29, 0.717) is 0 Å². The lowest BCUT2D eigenvalue weighted by atomic mass is 10.0. The Bertz CT molecular complexity index is 1180. The van der Waals surface area contributed by atoms with Gasteiger partial charge in [0.15, 0.2) is 0 Å². The van der Waals surface area contributed by atoms with Crippen LogP contribution in [0.5, 0.6) is 5.75 Å². The van der Waals surface area contributed by atoms with Crippen LogP contribution in [0.3, 0.4) is 0 Å². The number of ether oxygens (including phenoxy) is 2. The number of benzene rings is 2. The van der Waals surface area contributed by atoms with Crippen LogP contribution in [0, 0.1) is 6.92 Å². The van der Waals surface area contributed by atoms with E-state index in [1.165, 1.54) is 12.1 Å². The van der Waals surface area contributed by atoms with Crippen molar-refractivity contribution in [3.8, 4) is 16.9 Å². The van der Waals surface area contributed by atoms with Crippen LogP contribution in [-0.2, 0) is 4.74 Å². The van der Waals surface area contributed by atoms with Gasteiger partial charge in [0.25, 0.3) is 0 Å².